The Balaban J connectivity index is 1.89. The van der Waals surface area contributed by atoms with Crippen LogP contribution in [0.3, 0.4) is 0 Å². The number of hydrogen-bond donors (Lipinski definition) is 1. The molecule has 2 aliphatic carbocycles. The zero-order chi connectivity index (χ0) is 14.3. The molecule has 3 rings (SSSR count). The van der Waals surface area contributed by atoms with Crippen LogP contribution in [0.25, 0.3) is 0 Å². The second kappa shape index (κ2) is 5.45. The molecule has 3 nitrogen and oxygen atoms in total. The minimum atomic E-state index is -0.00222. The highest BCUT2D eigenvalue weighted by Crippen LogP contribution is 2.53. The van der Waals surface area contributed by atoms with Gasteiger partial charge in [-0.15, -0.1) is 0 Å². The van der Waals surface area contributed by atoms with Crippen LogP contribution in [0.1, 0.15) is 37.3 Å². The molecule has 110 valence electrons. The van der Waals surface area contributed by atoms with Gasteiger partial charge in [-0.2, -0.15) is 0 Å². The number of rotatable bonds is 4. The van der Waals surface area contributed by atoms with Gasteiger partial charge in [0.1, 0.15) is 0 Å². The molecular weight excluding hydrogens is 274 g/mol. The fourth-order valence-electron chi connectivity index (χ4n) is 4.09. The predicted octanol–water partition coefficient (Wildman–Crippen LogP) is 3.79. The maximum Gasteiger partial charge on any atom is 0.162 e. The Morgan fingerprint density at radius 1 is 1.15 bits per heavy atom. The number of methoxy groups -OCH3 is 2. The van der Waals surface area contributed by atoms with E-state index in [1.165, 1.54) is 25.7 Å². The van der Waals surface area contributed by atoms with Crippen molar-refractivity contribution >= 4 is 11.6 Å². The monoisotopic (exact) mass is 295 g/mol. The molecule has 2 saturated carbocycles. The minimum absolute atomic E-state index is 0.00222. The molecule has 0 amide bonds. The molecule has 2 bridgehead atoms. The van der Waals surface area contributed by atoms with Gasteiger partial charge in [-0.25, -0.2) is 0 Å². The van der Waals surface area contributed by atoms with Crippen molar-refractivity contribution in [1.82, 2.24) is 0 Å². The van der Waals surface area contributed by atoms with E-state index in [0.717, 1.165) is 17.4 Å². The van der Waals surface area contributed by atoms with Crippen LogP contribution < -0.4 is 15.2 Å². The lowest BCUT2D eigenvalue weighted by Crippen LogP contribution is -2.26. The van der Waals surface area contributed by atoms with E-state index in [9.17, 15) is 0 Å². The average molecular weight is 296 g/mol. The average Bonchev–Trinajstić information content (AvgIpc) is 3.08. The number of fused-ring (bicyclic) bond motifs is 2. The lowest BCUT2D eigenvalue weighted by molar-refractivity contribution is 0.283. The van der Waals surface area contributed by atoms with Gasteiger partial charge in [0.2, 0.25) is 0 Å². The van der Waals surface area contributed by atoms with Crippen LogP contribution in [-0.4, -0.2) is 14.2 Å². The largest absolute Gasteiger partial charge is 0.493 e. The summed E-state index contributed by atoms with van der Waals surface area (Å²) in [5.41, 5.74) is 7.51. The third-order valence-corrected chi connectivity index (χ3v) is 5.44. The Kier molecular flexibility index (Phi) is 3.83. The summed E-state index contributed by atoms with van der Waals surface area (Å²) >= 11 is 6.40. The fraction of sp³-hybridized carbons (Fsp3) is 0.625. The molecule has 2 aliphatic rings. The van der Waals surface area contributed by atoms with Crippen LogP contribution in [-0.2, 0) is 0 Å². The summed E-state index contributed by atoms with van der Waals surface area (Å²) in [4.78, 5) is 0. The van der Waals surface area contributed by atoms with Crippen LogP contribution in [0.5, 0.6) is 11.5 Å². The maximum absolute atomic E-state index is 6.52. The summed E-state index contributed by atoms with van der Waals surface area (Å²) in [6.07, 6.45) is 5.31. The van der Waals surface area contributed by atoms with Crippen LogP contribution in [0.4, 0.5) is 0 Å². The van der Waals surface area contributed by atoms with Gasteiger partial charge in [0, 0.05) is 17.1 Å². The van der Waals surface area contributed by atoms with Crippen molar-refractivity contribution in [2.45, 2.75) is 31.7 Å². The molecule has 4 atom stereocenters. The molecule has 0 aliphatic heterocycles. The second-order valence-electron chi connectivity index (χ2n) is 6.09. The number of halogens is 1. The molecule has 0 saturated heterocycles. The SMILES string of the molecule is COc1cc(Cl)c(C(N)C2CC3CCC2C3)cc1OC. The molecule has 4 unspecified atom stereocenters. The van der Waals surface area contributed by atoms with E-state index in [0.29, 0.717) is 22.4 Å². The minimum Gasteiger partial charge on any atom is -0.493 e. The van der Waals surface area contributed by atoms with Gasteiger partial charge in [0.25, 0.3) is 0 Å². The van der Waals surface area contributed by atoms with E-state index < -0.39 is 0 Å². The fourth-order valence-corrected chi connectivity index (χ4v) is 4.37. The van der Waals surface area contributed by atoms with Crippen molar-refractivity contribution < 1.29 is 9.47 Å². The molecule has 0 spiro atoms. The van der Waals surface area contributed by atoms with Crippen molar-refractivity contribution in [3.8, 4) is 11.5 Å². The van der Waals surface area contributed by atoms with E-state index >= 15 is 0 Å². The third-order valence-electron chi connectivity index (χ3n) is 5.12. The van der Waals surface area contributed by atoms with Gasteiger partial charge in [0.15, 0.2) is 11.5 Å². The van der Waals surface area contributed by atoms with Crippen LogP contribution >= 0.6 is 11.6 Å². The first-order chi connectivity index (χ1) is 9.63. The Morgan fingerprint density at radius 3 is 2.40 bits per heavy atom. The predicted molar refractivity (Wildman–Crippen MR) is 80.4 cm³/mol. The summed E-state index contributed by atoms with van der Waals surface area (Å²) in [6.45, 7) is 0. The first kappa shape index (κ1) is 14.0. The normalized spacial score (nSPS) is 29.5. The van der Waals surface area contributed by atoms with Crippen LogP contribution in [0, 0.1) is 17.8 Å². The highest BCUT2D eigenvalue weighted by molar-refractivity contribution is 6.31. The quantitative estimate of drug-likeness (QED) is 0.919. The molecule has 0 aromatic heterocycles. The summed E-state index contributed by atoms with van der Waals surface area (Å²) in [5.74, 6) is 3.57. The molecular formula is C16H22ClNO2. The lowest BCUT2D eigenvalue weighted by Gasteiger charge is -2.29. The smallest absolute Gasteiger partial charge is 0.162 e. The summed E-state index contributed by atoms with van der Waals surface area (Å²) in [6, 6.07) is 3.75. The van der Waals surface area contributed by atoms with Crippen molar-refractivity contribution in [3.05, 3.63) is 22.7 Å². The Morgan fingerprint density at radius 2 is 1.85 bits per heavy atom. The van der Waals surface area contributed by atoms with Crippen molar-refractivity contribution in [2.75, 3.05) is 14.2 Å². The molecule has 1 aromatic rings. The zero-order valence-electron chi connectivity index (χ0n) is 12.1. The van der Waals surface area contributed by atoms with Gasteiger partial charge < -0.3 is 15.2 Å². The van der Waals surface area contributed by atoms with Crippen molar-refractivity contribution in [3.63, 3.8) is 0 Å². The molecule has 0 heterocycles. The van der Waals surface area contributed by atoms with E-state index in [2.05, 4.69) is 0 Å². The topological polar surface area (TPSA) is 44.5 Å². The van der Waals surface area contributed by atoms with Gasteiger partial charge in [-0.1, -0.05) is 18.0 Å². The molecule has 4 heteroatoms. The third kappa shape index (κ3) is 2.27. The molecule has 2 N–H and O–H groups in total. The second-order valence-corrected chi connectivity index (χ2v) is 6.50. The van der Waals surface area contributed by atoms with Gasteiger partial charge in [-0.3, -0.25) is 0 Å². The standard InChI is InChI=1S/C16H22ClNO2/c1-19-14-7-12(13(17)8-15(14)20-2)16(18)11-6-9-3-4-10(11)5-9/h7-11,16H,3-6,18H2,1-2H3. The molecule has 0 radical (unpaired) electrons. The molecule has 20 heavy (non-hydrogen) atoms. The Bertz CT molecular complexity index is 505. The summed E-state index contributed by atoms with van der Waals surface area (Å²) in [5, 5.41) is 0.679. The zero-order valence-corrected chi connectivity index (χ0v) is 12.8. The van der Waals surface area contributed by atoms with Crippen LogP contribution in [0.2, 0.25) is 5.02 Å². The highest BCUT2D eigenvalue weighted by Gasteiger charge is 2.42. The number of ether oxygens (including phenoxy) is 2. The van der Waals surface area contributed by atoms with E-state index in [1.807, 2.05) is 12.1 Å². The Labute approximate surface area is 125 Å². The van der Waals surface area contributed by atoms with Gasteiger partial charge in [0.05, 0.1) is 14.2 Å². The highest BCUT2D eigenvalue weighted by atomic mass is 35.5. The van der Waals surface area contributed by atoms with Gasteiger partial charge >= 0.3 is 0 Å². The Hall–Kier alpha value is -0.930. The van der Waals surface area contributed by atoms with Crippen molar-refractivity contribution in [2.24, 2.45) is 23.5 Å². The molecule has 2 fully saturated rings. The summed E-state index contributed by atoms with van der Waals surface area (Å²) in [7, 11) is 3.25. The number of benzene rings is 1. The van der Waals surface area contributed by atoms with Crippen LogP contribution in [0.15, 0.2) is 12.1 Å². The van der Waals surface area contributed by atoms with E-state index in [4.69, 9.17) is 26.8 Å². The summed E-state index contributed by atoms with van der Waals surface area (Å²) < 4.78 is 10.6. The maximum atomic E-state index is 6.52. The van der Waals surface area contributed by atoms with Gasteiger partial charge in [-0.05, 0) is 48.6 Å². The number of hydrogen-bond acceptors (Lipinski definition) is 3. The number of nitrogens with two attached hydrogens (primary N) is 1. The van der Waals surface area contributed by atoms with Crippen molar-refractivity contribution in [1.29, 1.82) is 0 Å². The first-order valence-corrected chi connectivity index (χ1v) is 7.68. The van der Waals surface area contributed by atoms with E-state index in [1.54, 1.807) is 14.2 Å². The van der Waals surface area contributed by atoms with E-state index in [-0.39, 0.29) is 6.04 Å². The molecule has 1 aromatic carbocycles. The lowest BCUT2D eigenvalue weighted by atomic mass is 9.81. The first-order valence-electron chi connectivity index (χ1n) is 7.31.